The van der Waals surface area contributed by atoms with Gasteiger partial charge in [-0.1, -0.05) is 0 Å². The predicted octanol–water partition coefficient (Wildman–Crippen LogP) is 2.17. The van der Waals surface area contributed by atoms with Crippen LogP contribution in [-0.4, -0.2) is 23.0 Å². The van der Waals surface area contributed by atoms with Crippen LogP contribution < -0.4 is 5.32 Å². The summed E-state index contributed by atoms with van der Waals surface area (Å²) < 4.78 is 4.61. The zero-order valence-electron chi connectivity index (χ0n) is 10.8. The number of nitrogens with zero attached hydrogens (tertiary/aromatic N) is 2. The lowest BCUT2D eigenvalue weighted by Crippen LogP contribution is -2.05. The predicted molar refractivity (Wildman–Crippen MR) is 74.1 cm³/mol. The Morgan fingerprint density at radius 3 is 3.11 bits per heavy atom. The van der Waals surface area contributed by atoms with Crippen LogP contribution in [0.3, 0.4) is 0 Å². The first-order valence-electron chi connectivity index (χ1n) is 5.83. The molecular formula is C13H15N3O2S. The van der Waals surface area contributed by atoms with Crippen molar-refractivity contribution < 1.29 is 9.53 Å². The maximum Gasteiger partial charge on any atom is 0.311 e. The summed E-state index contributed by atoms with van der Waals surface area (Å²) in [6.45, 7) is 2.72. The maximum absolute atomic E-state index is 11.1. The first-order chi connectivity index (χ1) is 9.19. The molecule has 2 rings (SSSR count). The molecule has 0 bridgehead atoms. The van der Waals surface area contributed by atoms with Gasteiger partial charge in [-0.05, 0) is 24.1 Å². The molecule has 0 aromatic carbocycles. The highest BCUT2D eigenvalue weighted by molar-refractivity contribution is 7.13. The van der Waals surface area contributed by atoms with Gasteiger partial charge in [0, 0.05) is 24.3 Å². The molecule has 0 amide bonds. The number of anilines is 1. The van der Waals surface area contributed by atoms with Crippen LogP contribution in [0.25, 0.3) is 0 Å². The van der Waals surface area contributed by atoms with Gasteiger partial charge < -0.3 is 10.1 Å². The van der Waals surface area contributed by atoms with Crippen molar-refractivity contribution >= 4 is 22.4 Å². The van der Waals surface area contributed by atoms with Gasteiger partial charge >= 0.3 is 5.97 Å². The second kappa shape index (κ2) is 6.29. The average molecular weight is 277 g/mol. The van der Waals surface area contributed by atoms with E-state index in [1.54, 1.807) is 6.20 Å². The Kier molecular flexibility index (Phi) is 4.46. The van der Waals surface area contributed by atoms with Crippen LogP contribution in [0.15, 0.2) is 23.8 Å². The van der Waals surface area contributed by atoms with Crippen LogP contribution >= 0.6 is 11.3 Å². The van der Waals surface area contributed by atoms with Gasteiger partial charge in [-0.15, -0.1) is 11.3 Å². The number of rotatable bonds is 5. The molecule has 100 valence electrons. The SMILES string of the molecule is COC(=O)Cc1csc(NCc2ccncc2C)n1. The van der Waals surface area contributed by atoms with Crippen molar-refractivity contribution in [2.75, 3.05) is 12.4 Å². The van der Waals surface area contributed by atoms with Crippen molar-refractivity contribution in [3.05, 3.63) is 40.7 Å². The minimum Gasteiger partial charge on any atom is -0.469 e. The topological polar surface area (TPSA) is 64.1 Å². The molecule has 0 aliphatic rings. The van der Waals surface area contributed by atoms with Crippen molar-refractivity contribution in [1.29, 1.82) is 0 Å². The molecule has 1 N–H and O–H groups in total. The van der Waals surface area contributed by atoms with Crippen LogP contribution in [0, 0.1) is 6.92 Å². The van der Waals surface area contributed by atoms with Crippen LogP contribution in [0.4, 0.5) is 5.13 Å². The molecule has 2 heterocycles. The number of hydrogen-bond acceptors (Lipinski definition) is 6. The van der Waals surface area contributed by atoms with Crippen molar-refractivity contribution in [3.63, 3.8) is 0 Å². The molecule has 0 fully saturated rings. The lowest BCUT2D eigenvalue weighted by molar-refractivity contribution is -0.139. The zero-order chi connectivity index (χ0) is 13.7. The number of pyridine rings is 1. The fraction of sp³-hybridized carbons (Fsp3) is 0.308. The molecular weight excluding hydrogens is 262 g/mol. The van der Waals surface area contributed by atoms with Crippen molar-refractivity contribution in [1.82, 2.24) is 9.97 Å². The molecule has 0 aliphatic heterocycles. The number of esters is 1. The Hall–Kier alpha value is -1.95. The first kappa shape index (κ1) is 13.5. The van der Waals surface area contributed by atoms with E-state index in [2.05, 4.69) is 20.0 Å². The number of aryl methyl sites for hydroxylation is 1. The van der Waals surface area contributed by atoms with E-state index in [9.17, 15) is 4.79 Å². The summed E-state index contributed by atoms with van der Waals surface area (Å²) in [5.41, 5.74) is 3.05. The van der Waals surface area contributed by atoms with Gasteiger partial charge in [0.1, 0.15) is 0 Å². The van der Waals surface area contributed by atoms with Crippen LogP contribution in [0.2, 0.25) is 0 Å². The first-order valence-corrected chi connectivity index (χ1v) is 6.71. The highest BCUT2D eigenvalue weighted by atomic mass is 32.1. The van der Waals surface area contributed by atoms with Gasteiger partial charge in [-0.3, -0.25) is 9.78 Å². The summed E-state index contributed by atoms with van der Waals surface area (Å²) in [6.07, 6.45) is 3.82. The molecule has 0 saturated carbocycles. The van der Waals surface area contributed by atoms with E-state index < -0.39 is 0 Å². The Labute approximate surface area is 115 Å². The molecule has 0 atom stereocenters. The Bertz CT molecular complexity index is 569. The van der Waals surface area contributed by atoms with E-state index in [0.717, 1.165) is 16.4 Å². The van der Waals surface area contributed by atoms with Crippen molar-refractivity contribution in [3.8, 4) is 0 Å². The van der Waals surface area contributed by atoms with Gasteiger partial charge in [0.2, 0.25) is 0 Å². The molecule has 19 heavy (non-hydrogen) atoms. The minimum atomic E-state index is -0.276. The molecule has 0 aliphatic carbocycles. The molecule has 0 radical (unpaired) electrons. The molecule has 0 unspecified atom stereocenters. The summed E-state index contributed by atoms with van der Waals surface area (Å²) in [4.78, 5) is 19.5. The maximum atomic E-state index is 11.1. The number of nitrogens with one attached hydrogen (secondary N) is 1. The van der Waals surface area contributed by atoms with E-state index in [1.807, 2.05) is 24.6 Å². The standard InChI is InChI=1S/C13H15N3O2S/c1-9-6-14-4-3-10(9)7-15-13-16-11(8-19-13)5-12(17)18-2/h3-4,6,8H,5,7H2,1-2H3,(H,15,16). The highest BCUT2D eigenvalue weighted by Gasteiger charge is 2.07. The number of aromatic nitrogens is 2. The minimum absolute atomic E-state index is 0.211. The van der Waals surface area contributed by atoms with Crippen LogP contribution in [0.5, 0.6) is 0 Å². The smallest absolute Gasteiger partial charge is 0.311 e. The largest absolute Gasteiger partial charge is 0.469 e. The van der Waals surface area contributed by atoms with E-state index in [1.165, 1.54) is 24.0 Å². The second-order valence-corrected chi connectivity index (χ2v) is 4.91. The monoisotopic (exact) mass is 277 g/mol. The molecule has 5 nitrogen and oxygen atoms in total. The number of hydrogen-bond donors (Lipinski definition) is 1. The summed E-state index contributed by atoms with van der Waals surface area (Å²) in [7, 11) is 1.38. The third kappa shape index (κ3) is 3.75. The highest BCUT2D eigenvalue weighted by Crippen LogP contribution is 2.17. The quantitative estimate of drug-likeness (QED) is 0.849. The number of methoxy groups -OCH3 is 1. The molecule has 2 aromatic rings. The zero-order valence-corrected chi connectivity index (χ0v) is 11.7. The lowest BCUT2D eigenvalue weighted by atomic mass is 10.2. The fourth-order valence-corrected chi connectivity index (χ4v) is 2.27. The van der Waals surface area contributed by atoms with E-state index in [4.69, 9.17) is 0 Å². The van der Waals surface area contributed by atoms with Gasteiger partial charge in [0.15, 0.2) is 5.13 Å². The number of carbonyl (C=O) groups excluding carboxylic acids is 1. The summed E-state index contributed by atoms with van der Waals surface area (Å²) >= 11 is 1.48. The lowest BCUT2D eigenvalue weighted by Gasteiger charge is -2.05. The number of carbonyl (C=O) groups is 1. The molecule has 6 heteroatoms. The second-order valence-electron chi connectivity index (χ2n) is 4.05. The number of thiazole rings is 1. The van der Waals surface area contributed by atoms with Crippen molar-refractivity contribution in [2.45, 2.75) is 19.9 Å². The summed E-state index contributed by atoms with van der Waals surface area (Å²) in [5, 5.41) is 5.90. The van der Waals surface area contributed by atoms with Crippen molar-refractivity contribution in [2.24, 2.45) is 0 Å². The van der Waals surface area contributed by atoms with Gasteiger partial charge in [-0.25, -0.2) is 4.98 Å². The van der Waals surface area contributed by atoms with Crippen LogP contribution in [0.1, 0.15) is 16.8 Å². The molecule has 0 saturated heterocycles. The van der Waals surface area contributed by atoms with Gasteiger partial charge in [-0.2, -0.15) is 0 Å². The normalized spacial score (nSPS) is 10.2. The molecule has 0 spiro atoms. The van der Waals surface area contributed by atoms with E-state index in [0.29, 0.717) is 6.54 Å². The fourth-order valence-electron chi connectivity index (χ4n) is 1.56. The third-order valence-electron chi connectivity index (χ3n) is 2.67. The summed E-state index contributed by atoms with van der Waals surface area (Å²) in [6, 6.07) is 1.98. The Morgan fingerprint density at radius 1 is 1.53 bits per heavy atom. The van der Waals surface area contributed by atoms with Crippen LogP contribution in [-0.2, 0) is 22.5 Å². The molecule has 2 aromatic heterocycles. The summed E-state index contributed by atoms with van der Waals surface area (Å²) in [5.74, 6) is -0.276. The van der Waals surface area contributed by atoms with Gasteiger partial charge in [0.25, 0.3) is 0 Å². The third-order valence-corrected chi connectivity index (χ3v) is 3.52. The average Bonchev–Trinajstić information content (AvgIpc) is 2.85. The Balaban J connectivity index is 1.94. The van der Waals surface area contributed by atoms with E-state index >= 15 is 0 Å². The van der Waals surface area contributed by atoms with Gasteiger partial charge in [0.05, 0.1) is 19.2 Å². The Morgan fingerprint density at radius 2 is 2.37 bits per heavy atom. The van der Waals surface area contributed by atoms with E-state index in [-0.39, 0.29) is 12.4 Å². The number of ether oxygens (including phenoxy) is 1.